The van der Waals surface area contributed by atoms with E-state index in [1.54, 1.807) is 13.2 Å². The lowest BCUT2D eigenvalue weighted by Gasteiger charge is -2.04. The number of ether oxygens (including phenoxy) is 1. The molecule has 0 saturated heterocycles. The summed E-state index contributed by atoms with van der Waals surface area (Å²) in [7, 11) is 1.55. The molecule has 0 atom stereocenters. The van der Waals surface area contributed by atoms with Crippen molar-refractivity contribution in [2.24, 2.45) is 5.92 Å². The van der Waals surface area contributed by atoms with Gasteiger partial charge in [-0.25, -0.2) is 9.97 Å². The predicted octanol–water partition coefficient (Wildman–Crippen LogP) is 2.03. The molecule has 0 spiro atoms. The number of nitrogens with zero attached hydrogens (tertiary/aromatic N) is 2. The van der Waals surface area contributed by atoms with Crippen molar-refractivity contribution in [1.82, 2.24) is 9.97 Å². The molecule has 0 aliphatic rings. The summed E-state index contributed by atoms with van der Waals surface area (Å²) in [5.74, 6) is 1.28. The topological polar surface area (TPSA) is 52.1 Å². The number of Topliss-reactive ketones (excluding diaryl/α,β-unsaturated/α-hetero) is 1. The molecule has 0 saturated carbocycles. The molecule has 0 N–H and O–H groups in total. The minimum absolute atomic E-state index is 0.217. The number of hydrogen-bond acceptors (Lipinski definition) is 4. The number of rotatable bonds is 6. The van der Waals surface area contributed by atoms with Crippen molar-refractivity contribution < 1.29 is 9.53 Å². The highest BCUT2D eigenvalue weighted by molar-refractivity contribution is 5.80. The molecule has 1 aromatic heterocycles. The molecule has 4 nitrogen and oxygen atoms in total. The van der Waals surface area contributed by atoms with Gasteiger partial charge < -0.3 is 4.74 Å². The number of ketones is 1. The van der Waals surface area contributed by atoms with E-state index in [0.717, 1.165) is 12.1 Å². The largest absolute Gasteiger partial charge is 0.481 e. The number of methoxy groups -OCH3 is 1. The first kappa shape index (κ1) is 12.6. The van der Waals surface area contributed by atoms with Gasteiger partial charge in [0.15, 0.2) is 0 Å². The van der Waals surface area contributed by atoms with E-state index in [9.17, 15) is 4.79 Å². The SMILES string of the molecule is COc1cc(CC(=O)CCC(C)C)ncn1. The molecule has 1 aromatic rings. The molecule has 16 heavy (non-hydrogen) atoms. The van der Waals surface area contributed by atoms with Gasteiger partial charge in [-0.2, -0.15) is 0 Å². The van der Waals surface area contributed by atoms with Gasteiger partial charge in [0.05, 0.1) is 12.8 Å². The number of carbonyl (C=O) groups is 1. The second-order valence-electron chi connectivity index (χ2n) is 4.20. The molecule has 4 heteroatoms. The molecule has 0 bridgehead atoms. The molecule has 0 aliphatic carbocycles. The van der Waals surface area contributed by atoms with Crippen LogP contribution in [0.3, 0.4) is 0 Å². The van der Waals surface area contributed by atoms with E-state index in [2.05, 4.69) is 23.8 Å². The van der Waals surface area contributed by atoms with Gasteiger partial charge in [-0.3, -0.25) is 4.79 Å². The first-order chi connectivity index (χ1) is 7.61. The van der Waals surface area contributed by atoms with Crippen molar-refractivity contribution in [3.05, 3.63) is 18.1 Å². The van der Waals surface area contributed by atoms with E-state index in [4.69, 9.17) is 4.74 Å². The summed E-state index contributed by atoms with van der Waals surface area (Å²) < 4.78 is 4.97. The van der Waals surface area contributed by atoms with Crippen molar-refractivity contribution in [3.8, 4) is 5.88 Å². The summed E-state index contributed by atoms with van der Waals surface area (Å²) in [5.41, 5.74) is 0.723. The lowest BCUT2D eigenvalue weighted by molar-refractivity contribution is -0.118. The predicted molar refractivity (Wildman–Crippen MR) is 61.4 cm³/mol. The Morgan fingerprint density at radius 1 is 1.44 bits per heavy atom. The van der Waals surface area contributed by atoms with Crippen molar-refractivity contribution in [1.29, 1.82) is 0 Å². The second kappa shape index (κ2) is 6.20. The van der Waals surface area contributed by atoms with Crippen LogP contribution in [0.2, 0.25) is 0 Å². The van der Waals surface area contributed by atoms with Gasteiger partial charge in [-0.05, 0) is 12.3 Å². The van der Waals surface area contributed by atoms with Crippen LogP contribution in [-0.2, 0) is 11.2 Å². The molecule has 1 rings (SSSR count). The average Bonchev–Trinajstić information content (AvgIpc) is 2.26. The molecule has 88 valence electrons. The summed E-state index contributed by atoms with van der Waals surface area (Å²) in [5, 5.41) is 0. The lowest BCUT2D eigenvalue weighted by Crippen LogP contribution is -2.06. The highest BCUT2D eigenvalue weighted by atomic mass is 16.5. The number of carbonyl (C=O) groups excluding carboxylic acids is 1. The van der Waals surface area contributed by atoms with E-state index in [1.165, 1.54) is 6.33 Å². The van der Waals surface area contributed by atoms with E-state index >= 15 is 0 Å². The first-order valence-corrected chi connectivity index (χ1v) is 5.48. The zero-order chi connectivity index (χ0) is 12.0. The standard InChI is InChI=1S/C12H18N2O2/c1-9(2)4-5-11(15)6-10-7-12(16-3)14-8-13-10/h7-9H,4-6H2,1-3H3. The lowest BCUT2D eigenvalue weighted by atomic mass is 10.0. The second-order valence-corrected chi connectivity index (χ2v) is 4.20. The molecule has 0 aromatic carbocycles. The quantitative estimate of drug-likeness (QED) is 0.739. The maximum atomic E-state index is 11.6. The Balaban J connectivity index is 2.49. The van der Waals surface area contributed by atoms with Gasteiger partial charge in [0.1, 0.15) is 12.1 Å². The van der Waals surface area contributed by atoms with Crippen molar-refractivity contribution >= 4 is 5.78 Å². The maximum absolute atomic E-state index is 11.6. The minimum Gasteiger partial charge on any atom is -0.481 e. The van der Waals surface area contributed by atoms with Crippen molar-refractivity contribution in [3.63, 3.8) is 0 Å². The third kappa shape index (κ3) is 4.38. The van der Waals surface area contributed by atoms with Crippen molar-refractivity contribution in [2.75, 3.05) is 7.11 Å². The third-order valence-corrected chi connectivity index (χ3v) is 2.29. The van der Waals surface area contributed by atoms with Crippen LogP contribution < -0.4 is 4.74 Å². The summed E-state index contributed by atoms with van der Waals surface area (Å²) in [6.45, 7) is 4.22. The molecule has 0 amide bonds. The Bertz CT molecular complexity index is 351. The molecular formula is C12H18N2O2. The number of hydrogen-bond donors (Lipinski definition) is 0. The minimum atomic E-state index is 0.217. The van der Waals surface area contributed by atoms with Crippen LogP contribution in [-0.4, -0.2) is 22.9 Å². The molecule has 0 aliphatic heterocycles. The Hall–Kier alpha value is -1.45. The van der Waals surface area contributed by atoms with E-state index in [-0.39, 0.29) is 5.78 Å². The molecule has 0 fully saturated rings. The van der Waals surface area contributed by atoms with Gasteiger partial charge in [0, 0.05) is 18.9 Å². The van der Waals surface area contributed by atoms with Crippen LogP contribution in [0, 0.1) is 5.92 Å². The van der Waals surface area contributed by atoms with Gasteiger partial charge in [0.25, 0.3) is 0 Å². The van der Waals surface area contributed by atoms with Crippen LogP contribution in [0.1, 0.15) is 32.4 Å². The number of aromatic nitrogens is 2. The Morgan fingerprint density at radius 3 is 2.81 bits per heavy atom. The summed E-state index contributed by atoms with van der Waals surface area (Å²) >= 11 is 0. The summed E-state index contributed by atoms with van der Waals surface area (Å²) in [4.78, 5) is 19.6. The van der Waals surface area contributed by atoms with Crippen molar-refractivity contribution in [2.45, 2.75) is 33.1 Å². The molecule has 0 unspecified atom stereocenters. The zero-order valence-corrected chi connectivity index (χ0v) is 10.1. The fraction of sp³-hybridized carbons (Fsp3) is 0.583. The molecule has 0 radical (unpaired) electrons. The first-order valence-electron chi connectivity index (χ1n) is 5.48. The monoisotopic (exact) mass is 222 g/mol. The van der Waals surface area contributed by atoms with Crippen LogP contribution in [0.15, 0.2) is 12.4 Å². The fourth-order valence-corrected chi connectivity index (χ4v) is 1.33. The Labute approximate surface area is 96.1 Å². The van der Waals surface area contributed by atoms with Gasteiger partial charge in [0.2, 0.25) is 5.88 Å². The van der Waals surface area contributed by atoms with Crippen LogP contribution in [0.5, 0.6) is 5.88 Å². The molecule has 1 heterocycles. The van der Waals surface area contributed by atoms with E-state index < -0.39 is 0 Å². The van der Waals surface area contributed by atoms with Crippen LogP contribution >= 0.6 is 0 Å². The Morgan fingerprint density at radius 2 is 2.19 bits per heavy atom. The third-order valence-electron chi connectivity index (χ3n) is 2.29. The van der Waals surface area contributed by atoms with Crippen LogP contribution in [0.25, 0.3) is 0 Å². The summed E-state index contributed by atoms with van der Waals surface area (Å²) in [6, 6.07) is 1.70. The van der Waals surface area contributed by atoms with Crippen LogP contribution in [0.4, 0.5) is 0 Å². The average molecular weight is 222 g/mol. The normalized spacial score (nSPS) is 10.5. The highest BCUT2D eigenvalue weighted by Gasteiger charge is 2.07. The van der Waals surface area contributed by atoms with Gasteiger partial charge in [-0.15, -0.1) is 0 Å². The molecular weight excluding hydrogens is 204 g/mol. The fourth-order valence-electron chi connectivity index (χ4n) is 1.33. The smallest absolute Gasteiger partial charge is 0.216 e. The highest BCUT2D eigenvalue weighted by Crippen LogP contribution is 2.09. The zero-order valence-electron chi connectivity index (χ0n) is 10.1. The Kier molecular flexibility index (Phi) is 4.89. The summed E-state index contributed by atoms with van der Waals surface area (Å²) in [6.07, 6.45) is 3.33. The van der Waals surface area contributed by atoms with E-state index in [0.29, 0.717) is 24.6 Å². The van der Waals surface area contributed by atoms with E-state index in [1.807, 2.05) is 0 Å². The van der Waals surface area contributed by atoms with Gasteiger partial charge >= 0.3 is 0 Å². The maximum Gasteiger partial charge on any atom is 0.216 e. The van der Waals surface area contributed by atoms with Gasteiger partial charge in [-0.1, -0.05) is 13.8 Å².